The largest absolute Gasteiger partial charge is 0.144 e. The summed E-state index contributed by atoms with van der Waals surface area (Å²) in [6.07, 6.45) is 6.95. The molecule has 1 nitrogen and oxygen atoms in total. The van der Waals surface area contributed by atoms with Crippen molar-refractivity contribution in [1.29, 1.82) is 0 Å². The summed E-state index contributed by atoms with van der Waals surface area (Å²) >= 11 is 0. The Balaban J connectivity index is 2.36. The third kappa shape index (κ3) is 1.32. The quantitative estimate of drug-likeness (QED) is 0.399. The molecule has 1 heterocycles. The highest BCUT2D eigenvalue weighted by atomic mass is 15.1. The SMILES string of the molecule is C[N+]1C=CCCC1. The lowest BCUT2D eigenvalue weighted by Gasteiger charge is -2.02. The molecule has 0 aromatic rings. The maximum atomic E-state index is 2.21. The van der Waals surface area contributed by atoms with Gasteiger partial charge in [0.15, 0.2) is 0 Å². The van der Waals surface area contributed by atoms with Crippen LogP contribution in [0.25, 0.3) is 0 Å². The van der Waals surface area contributed by atoms with Crippen LogP contribution >= 0.6 is 0 Å². The van der Waals surface area contributed by atoms with Crippen molar-refractivity contribution in [2.24, 2.45) is 0 Å². The highest BCUT2D eigenvalue weighted by molar-refractivity contribution is 4.88. The van der Waals surface area contributed by atoms with Crippen LogP contribution < -0.4 is 4.90 Å². The van der Waals surface area contributed by atoms with E-state index in [0.29, 0.717) is 0 Å². The molecule has 0 N–H and O–H groups in total. The lowest BCUT2D eigenvalue weighted by Crippen LogP contribution is -2.20. The van der Waals surface area contributed by atoms with Gasteiger partial charge in [0.25, 0.3) is 0 Å². The highest BCUT2D eigenvalue weighted by Gasteiger charge is 2.04. The zero-order chi connectivity index (χ0) is 5.11. The van der Waals surface area contributed by atoms with Gasteiger partial charge in [-0.05, 0) is 12.5 Å². The van der Waals surface area contributed by atoms with E-state index < -0.39 is 0 Å². The van der Waals surface area contributed by atoms with Gasteiger partial charge < -0.3 is 0 Å². The van der Waals surface area contributed by atoms with Crippen LogP contribution in [0.5, 0.6) is 0 Å². The van der Waals surface area contributed by atoms with Gasteiger partial charge in [-0.1, -0.05) is 0 Å². The van der Waals surface area contributed by atoms with E-state index in [-0.39, 0.29) is 0 Å². The Morgan fingerprint density at radius 2 is 2.43 bits per heavy atom. The maximum Gasteiger partial charge on any atom is 0.140 e. The van der Waals surface area contributed by atoms with E-state index >= 15 is 0 Å². The van der Waals surface area contributed by atoms with E-state index in [0.717, 1.165) is 0 Å². The molecule has 0 unspecified atom stereocenters. The zero-order valence-electron chi connectivity index (χ0n) is 4.72. The molecule has 1 aliphatic heterocycles. The molecule has 0 aromatic heterocycles. The van der Waals surface area contributed by atoms with E-state index in [9.17, 15) is 0 Å². The summed E-state index contributed by atoms with van der Waals surface area (Å²) in [6, 6.07) is 0. The van der Waals surface area contributed by atoms with Crippen molar-refractivity contribution in [3.8, 4) is 0 Å². The third-order valence-electron chi connectivity index (χ3n) is 1.24. The molecular formula is C6H11N+. The van der Waals surface area contributed by atoms with Crippen LogP contribution in [0.4, 0.5) is 0 Å². The Morgan fingerprint density at radius 3 is 2.71 bits per heavy atom. The van der Waals surface area contributed by atoms with Crippen molar-refractivity contribution in [2.75, 3.05) is 13.6 Å². The van der Waals surface area contributed by atoms with Gasteiger partial charge in [-0.25, -0.2) is 0 Å². The molecule has 0 aromatic carbocycles. The fourth-order valence-electron chi connectivity index (χ4n) is 0.788. The minimum absolute atomic E-state index is 1.23. The summed E-state index contributed by atoms with van der Waals surface area (Å²) in [5.41, 5.74) is 0. The molecule has 1 rings (SSSR count). The maximum absolute atomic E-state index is 2.21. The van der Waals surface area contributed by atoms with Gasteiger partial charge >= 0.3 is 0 Å². The van der Waals surface area contributed by atoms with E-state index in [4.69, 9.17) is 0 Å². The standard InChI is InChI=1S/C6H11N/c1-7-5-3-2-4-6-7/h3,5H,2,4,6H2,1H3/q+1. The van der Waals surface area contributed by atoms with Crippen LogP contribution in [0.2, 0.25) is 0 Å². The second kappa shape index (κ2) is 2.12. The first-order valence-corrected chi connectivity index (χ1v) is 2.76. The normalized spacial score (nSPS) is 23.0. The van der Waals surface area contributed by atoms with E-state index in [1.54, 1.807) is 0 Å². The molecule has 0 saturated carbocycles. The molecular weight excluding hydrogens is 86.1 g/mol. The Morgan fingerprint density at radius 1 is 1.57 bits per heavy atom. The molecule has 7 heavy (non-hydrogen) atoms. The second-order valence-corrected chi connectivity index (χ2v) is 2.01. The lowest BCUT2D eigenvalue weighted by atomic mass is 10.2. The first-order chi connectivity index (χ1) is 3.39. The number of rotatable bonds is 0. The number of hydrogen-bond donors (Lipinski definition) is 0. The smallest absolute Gasteiger partial charge is 0.140 e. The van der Waals surface area contributed by atoms with E-state index in [1.165, 1.54) is 19.4 Å². The monoisotopic (exact) mass is 97.1 g/mol. The van der Waals surface area contributed by atoms with E-state index in [2.05, 4.69) is 24.2 Å². The number of hydrogen-bond acceptors (Lipinski definition) is 1. The fraction of sp³-hybridized carbons (Fsp3) is 0.667. The molecule has 1 radical (unpaired) electrons. The predicted molar refractivity (Wildman–Crippen MR) is 31.3 cm³/mol. The van der Waals surface area contributed by atoms with Crippen LogP contribution in [-0.2, 0) is 0 Å². The highest BCUT2D eigenvalue weighted by Crippen LogP contribution is 1.98. The minimum atomic E-state index is 1.23. The molecule has 1 heteroatoms. The van der Waals surface area contributed by atoms with Crippen molar-refractivity contribution in [2.45, 2.75) is 12.8 Å². The molecule has 0 amide bonds. The topological polar surface area (TPSA) is 5.90 Å². The average molecular weight is 97.2 g/mol. The zero-order valence-corrected chi connectivity index (χ0v) is 4.72. The summed E-state index contributed by atoms with van der Waals surface area (Å²) in [5.74, 6) is 0. The Hall–Kier alpha value is -0.300. The van der Waals surface area contributed by atoms with Crippen molar-refractivity contribution >= 4 is 0 Å². The van der Waals surface area contributed by atoms with Crippen LogP contribution in [0.3, 0.4) is 0 Å². The Kier molecular flexibility index (Phi) is 1.47. The van der Waals surface area contributed by atoms with Crippen LogP contribution in [0, 0.1) is 0 Å². The van der Waals surface area contributed by atoms with Crippen LogP contribution in [0.1, 0.15) is 12.8 Å². The molecule has 0 bridgehead atoms. The van der Waals surface area contributed by atoms with Gasteiger partial charge in [-0.15, -0.1) is 4.90 Å². The van der Waals surface area contributed by atoms with Crippen molar-refractivity contribution in [3.05, 3.63) is 12.3 Å². The summed E-state index contributed by atoms with van der Waals surface area (Å²) in [7, 11) is 2.11. The molecule has 39 valence electrons. The summed E-state index contributed by atoms with van der Waals surface area (Å²) in [6.45, 7) is 1.23. The predicted octanol–water partition coefficient (Wildman–Crippen LogP) is 1.06. The molecule has 1 aliphatic rings. The van der Waals surface area contributed by atoms with Crippen LogP contribution in [-0.4, -0.2) is 13.6 Å². The van der Waals surface area contributed by atoms with E-state index in [1.807, 2.05) is 0 Å². The first-order valence-electron chi connectivity index (χ1n) is 2.76. The van der Waals surface area contributed by atoms with Gasteiger partial charge in [0.2, 0.25) is 0 Å². The Labute approximate surface area is 44.6 Å². The molecule has 0 saturated heterocycles. The summed E-state index contributed by atoms with van der Waals surface area (Å²) in [4.78, 5) is 2.21. The van der Waals surface area contributed by atoms with Gasteiger partial charge in [0, 0.05) is 6.42 Å². The van der Waals surface area contributed by atoms with Crippen molar-refractivity contribution < 1.29 is 0 Å². The lowest BCUT2D eigenvalue weighted by molar-refractivity contribution is 0.558. The minimum Gasteiger partial charge on any atom is -0.144 e. The molecule has 0 spiro atoms. The van der Waals surface area contributed by atoms with Gasteiger partial charge in [0.05, 0.1) is 0 Å². The summed E-state index contributed by atoms with van der Waals surface area (Å²) < 4.78 is 0. The van der Waals surface area contributed by atoms with Crippen LogP contribution in [0.15, 0.2) is 12.3 Å². The third-order valence-corrected chi connectivity index (χ3v) is 1.24. The molecule has 0 fully saturated rings. The van der Waals surface area contributed by atoms with Crippen molar-refractivity contribution in [3.63, 3.8) is 0 Å². The fourth-order valence-corrected chi connectivity index (χ4v) is 0.788. The summed E-state index contributed by atoms with van der Waals surface area (Å²) in [5, 5.41) is 0. The first kappa shape index (κ1) is 4.85. The van der Waals surface area contributed by atoms with Gasteiger partial charge in [-0.2, -0.15) is 0 Å². The van der Waals surface area contributed by atoms with Gasteiger partial charge in [-0.3, -0.25) is 0 Å². The molecule has 0 aliphatic carbocycles. The van der Waals surface area contributed by atoms with Crippen molar-refractivity contribution in [1.82, 2.24) is 4.90 Å². The second-order valence-electron chi connectivity index (χ2n) is 2.01. The van der Waals surface area contributed by atoms with Gasteiger partial charge in [0.1, 0.15) is 19.8 Å². The number of nitrogens with zero attached hydrogens (tertiary/aromatic N) is 1. The molecule has 0 atom stereocenters. The number of allylic oxidation sites excluding steroid dienone is 1. The average Bonchev–Trinajstić information content (AvgIpc) is 1.69. The Bertz CT molecular complexity index is 76.2.